The van der Waals surface area contributed by atoms with Crippen molar-refractivity contribution in [3.63, 3.8) is 0 Å². The second-order valence-electron chi connectivity index (χ2n) is 4.19. The van der Waals surface area contributed by atoms with Crippen LogP contribution in [-0.2, 0) is 0 Å². The molecule has 0 amide bonds. The summed E-state index contributed by atoms with van der Waals surface area (Å²) in [5.74, 6) is 0.432. The Labute approximate surface area is 78.1 Å². The molecule has 0 saturated heterocycles. The molecule has 1 rings (SSSR count). The van der Waals surface area contributed by atoms with Crippen LogP contribution in [0.5, 0.6) is 0 Å². The van der Waals surface area contributed by atoms with Gasteiger partial charge in [-0.05, 0) is 5.41 Å². The van der Waals surface area contributed by atoms with Gasteiger partial charge in [-0.15, -0.1) is 0 Å². The molecule has 1 atom stereocenters. The van der Waals surface area contributed by atoms with E-state index in [2.05, 4.69) is 15.6 Å². The molecule has 3 nitrogen and oxygen atoms in total. The maximum atomic E-state index is 13.3. The van der Waals surface area contributed by atoms with E-state index in [1.54, 1.807) is 7.05 Å². The first-order valence-corrected chi connectivity index (χ1v) is 4.30. The molecule has 0 aromatic heterocycles. The first kappa shape index (κ1) is 10.0. The van der Waals surface area contributed by atoms with E-state index in [4.69, 9.17) is 0 Å². The van der Waals surface area contributed by atoms with E-state index >= 15 is 0 Å². The monoisotopic (exact) mass is 185 g/mol. The van der Waals surface area contributed by atoms with Gasteiger partial charge in [0, 0.05) is 13.2 Å². The minimum atomic E-state index is -0.299. The third-order valence-electron chi connectivity index (χ3n) is 1.99. The highest BCUT2D eigenvalue weighted by Gasteiger charge is 2.31. The van der Waals surface area contributed by atoms with Crippen LogP contribution in [-0.4, -0.2) is 19.0 Å². The molecule has 1 heterocycles. The van der Waals surface area contributed by atoms with Gasteiger partial charge in [0.05, 0.1) is 6.04 Å². The van der Waals surface area contributed by atoms with E-state index in [-0.39, 0.29) is 17.3 Å². The molecule has 1 unspecified atom stereocenters. The number of hydrogen-bond acceptors (Lipinski definition) is 1. The SMILES string of the molecule is CN=C1NC=C(F)C(C(C)(C)C)N1. The van der Waals surface area contributed by atoms with E-state index in [1.807, 2.05) is 20.8 Å². The number of halogens is 1. The molecule has 0 aromatic carbocycles. The summed E-state index contributed by atoms with van der Waals surface area (Å²) in [4.78, 5) is 3.93. The third-order valence-corrected chi connectivity index (χ3v) is 1.99. The van der Waals surface area contributed by atoms with E-state index in [9.17, 15) is 4.39 Å². The van der Waals surface area contributed by atoms with Gasteiger partial charge in [0.1, 0.15) is 5.83 Å². The molecule has 13 heavy (non-hydrogen) atoms. The lowest BCUT2D eigenvalue weighted by Crippen LogP contribution is -2.51. The molecule has 0 aromatic rings. The largest absolute Gasteiger partial charge is 0.346 e. The van der Waals surface area contributed by atoms with Crippen molar-refractivity contribution in [1.82, 2.24) is 10.6 Å². The lowest BCUT2D eigenvalue weighted by molar-refractivity contribution is 0.286. The fourth-order valence-corrected chi connectivity index (χ4v) is 1.23. The molecule has 0 bridgehead atoms. The van der Waals surface area contributed by atoms with Gasteiger partial charge in [0.15, 0.2) is 5.96 Å². The highest BCUT2D eigenvalue weighted by atomic mass is 19.1. The zero-order chi connectivity index (χ0) is 10.1. The molecular formula is C9H16FN3. The van der Waals surface area contributed by atoms with Gasteiger partial charge in [-0.25, -0.2) is 4.39 Å². The smallest absolute Gasteiger partial charge is 0.195 e. The van der Waals surface area contributed by atoms with Crippen LogP contribution < -0.4 is 10.6 Å². The number of aliphatic imine (C=N–C) groups is 1. The molecule has 0 saturated carbocycles. The maximum absolute atomic E-state index is 13.3. The summed E-state index contributed by atoms with van der Waals surface area (Å²) in [7, 11) is 1.66. The van der Waals surface area contributed by atoms with Crippen LogP contribution >= 0.6 is 0 Å². The second kappa shape index (κ2) is 3.36. The highest BCUT2D eigenvalue weighted by molar-refractivity contribution is 5.82. The predicted molar refractivity (Wildman–Crippen MR) is 52.1 cm³/mol. The number of rotatable bonds is 0. The molecular weight excluding hydrogens is 169 g/mol. The van der Waals surface area contributed by atoms with E-state index in [1.165, 1.54) is 6.20 Å². The van der Waals surface area contributed by atoms with Crippen molar-refractivity contribution in [3.8, 4) is 0 Å². The van der Waals surface area contributed by atoms with E-state index in [0.717, 1.165) is 0 Å². The minimum absolute atomic E-state index is 0.154. The maximum Gasteiger partial charge on any atom is 0.195 e. The van der Waals surface area contributed by atoms with Crippen LogP contribution in [0, 0.1) is 5.41 Å². The predicted octanol–water partition coefficient (Wildman–Crippen LogP) is 1.39. The van der Waals surface area contributed by atoms with Crippen molar-refractivity contribution in [2.24, 2.45) is 10.4 Å². The van der Waals surface area contributed by atoms with Gasteiger partial charge in [-0.2, -0.15) is 0 Å². The quantitative estimate of drug-likeness (QED) is 0.598. The van der Waals surface area contributed by atoms with Gasteiger partial charge in [-0.1, -0.05) is 20.8 Å². The Morgan fingerprint density at radius 1 is 1.46 bits per heavy atom. The molecule has 0 aliphatic carbocycles. The van der Waals surface area contributed by atoms with Crippen molar-refractivity contribution in [2.45, 2.75) is 26.8 Å². The fourth-order valence-electron chi connectivity index (χ4n) is 1.23. The van der Waals surface area contributed by atoms with Crippen LogP contribution in [0.1, 0.15) is 20.8 Å². The molecule has 0 radical (unpaired) electrons. The lowest BCUT2D eigenvalue weighted by atomic mass is 9.85. The van der Waals surface area contributed by atoms with Crippen LogP contribution in [0.25, 0.3) is 0 Å². The van der Waals surface area contributed by atoms with Gasteiger partial charge >= 0.3 is 0 Å². The Bertz CT molecular complexity index is 250. The Hall–Kier alpha value is -1.06. The van der Waals surface area contributed by atoms with Crippen molar-refractivity contribution in [2.75, 3.05) is 7.05 Å². The van der Waals surface area contributed by atoms with Crippen LogP contribution in [0.4, 0.5) is 4.39 Å². The Morgan fingerprint density at radius 2 is 2.08 bits per heavy atom. The van der Waals surface area contributed by atoms with Crippen molar-refractivity contribution >= 4 is 5.96 Å². The molecule has 0 fully saturated rings. The number of hydrogen-bond donors (Lipinski definition) is 2. The molecule has 1 aliphatic rings. The standard InChI is InChI=1S/C9H16FN3/c1-9(2,3)7-6(10)5-12-8(11-4)13-7/h5,7H,1-4H3,(H2,11,12,13). The molecule has 2 N–H and O–H groups in total. The molecule has 74 valence electrons. The van der Waals surface area contributed by atoms with Crippen LogP contribution in [0.15, 0.2) is 17.0 Å². The molecule has 4 heteroatoms. The van der Waals surface area contributed by atoms with Crippen LogP contribution in [0.2, 0.25) is 0 Å². The highest BCUT2D eigenvalue weighted by Crippen LogP contribution is 2.26. The zero-order valence-corrected chi connectivity index (χ0v) is 8.48. The molecule has 1 aliphatic heterocycles. The summed E-state index contributed by atoms with van der Waals surface area (Å²) in [6, 6.07) is -0.299. The number of nitrogens with one attached hydrogen (secondary N) is 2. The average Bonchev–Trinajstić information content (AvgIpc) is 2.03. The Kier molecular flexibility index (Phi) is 2.59. The topological polar surface area (TPSA) is 36.4 Å². The van der Waals surface area contributed by atoms with Crippen LogP contribution in [0.3, 0.4) is 0 Å². The fraction of sp³-hybridized carbons (Fsp3) is 0.667. The summed E-state index contributed by atoms with van der Waals surface area (Å²) in [5.41, 5.74) is -0.154. The Morgan fingerprint density at radius 3 is 2.54 bits per heavy atom. The van der Waals surface area contributed by atoms with Gasteiger partial charge in [0.25, 0.3) is 0 Å². The second-order valence-corrected chi connectivity index (χ2v) is 4.19. The number of nitrogens with zero attached hydrogens (tertiary/aromatic N) is 1. The third kappa shape index (κ3) is 2.20. The van der Waals surface area contributed by atoms with E-state index < -0.39 is 0 Å². The minimum Gasteiger partial charge on any atom is -0.346 e. The zero-order valence-electron chi connectivity index (χ0n) is 8.48. The van der Waals surface area contributed by atoms with Crippen molar-refractivity contribution in [1.29, 1.82) is 0 Å². The first-order chi connectivity index (χ1) is 5.95. The summed E-state index contributed by atoms with van der Waals surface area (Å²) in [6.07, 6.45) is 1.36. The van der Waals surface area contributed by atoms with Gasteiger partial charge in [-0.3, -0.25) is 4.99 Å². The van der Waals surface area contributed by atoms with Gasteiger partial charge < -0.3 is 10.6 Å². The summed E-state index contributed by atoms with van der Waals surface area (Å²) in [6.45, 7) is 5.95. The van der Waals surface area contributed by atoms with Crippen molar-refractivity contribution < 1.29 is 4.39 Å². The first-order valence-electron chi connectivity index (χ1n) is 4.30. The Balaban J connectivity index is 2.86. The summed E-state index contributed by atoms with van der Waals surface area (Å²) in [5, 5.41) is 5.71. The van der Waals surface area contributed by atoms with Gasteiger partial charge in [0.2, 0.25) is 0 Å². The lowest BCUT2D eigenvalue weighted by Gasteiger charge is -2.33. The average molecular weight is 185 g/mol. The summed E-state index contributed by atoms with van der Waals surface area (Å²) < 4.78 is 13.3. The number of guanidine groups is 1. The normalized spacial score (nSPS) is 26.4. The molecule has 0 spiro atoms. The van der Waals surface area contributed by atoms with Crippen molar-refractivity contribution in [3.05, 3.63) is 12.0 Å². The summed E-state index contributed by atoms with van der Waals surface area (Å²) >= 11 is 0. The van der Waals surface area contributed by atoms with E-state index in [0.29, 0.717) is 5.96 Å².